The first-order chi connectivity index (χ1) is 6.72. The highest BCUT2D eigenvalue weighted by Gasteiger charge is 2.34. The van der Waals surface area contributed by atoms with Gasteiger partial charge in [0.05, 0.1) is 11.6 Å². The maximum atomic E-state index is 6.06. The van der Waals surface area contributed by atoms with Crippen molar-refractivity contribution in [3.8, 4) is 5.75 Å². The molecule has 2 rings (SSSR count). The first kappa shape index (κ1) is 9.81. The van der Waals surface area contributed by atoms with Gasteiger partial charge in [-0.1, -0.05) is 17.7 Å². The Morgan fingerprint density at radius 3 is 2.79 bits per heavy atom. The number of benzene rings is 1. The molecule has 0 aliphatic heterocycles. The second-order valence-corrected chi connectivity index (χ2v) is 4.04. The van der Waals surface area contributed by atoms with Crippen LogP contribution in [-0.4, -0.2) is 12.6 Å². The highest BCUT2D eigenvalue weighted by molar-refractivity contribution is 6.32. The average molecular weight is 212 g/mol. The molecule has 14 heavy (non-hydrogen) atoms. The molecule has 1 aliphatic rings. The Kier molecular flexibility index (Phi) is 2.66. The van der Waals surface area contributed by atoms with Gasteiger partial charge in [-0.25, -0.2) is 0 Å². The summed E-state index contributed by atoms with van der Waals surface area (Å²) in [6.07, 6.45) is 1.07. The van der Waals surface area contributed by atoms with Crippen LogP contribution in [0.4, 0.5) is 0 Å². The van der Waals surface area contributed by atoms with Gasteiger partial charge < -0.3 is 10.5 Å². The fraction of sp³-hybridized carbons (Fsp3) is 0.455. The standard InChI is InChI=1S/C11H14ClNO/c1-2-14-11-4-3-7(5-9(11)12)8-6-10(8)13/h3-5,8,10H,2,6,13H2,1H3. The molecule has 0 aromatic heterocycles. The summed E-state index contributed by atoms with van der Waals surface area (Å²) < 4.78 is 5.36. The summed E-state index contributed by atoms with van der Waals surface area (Å²) >= 11 is 6.06. The smallest absolute Gasteiger partial charge is 0.137 e. The summed E-state index contributed by atoms with van der Waals surface area (Å²) in [5.41, 5.74) is 7.00. The van der Waals surface area contributed by atoms with Crippen LogP contribution in [0, 0.1) is 0 Å². The van der Waals surface area contributed by atoms with E-state index in [-0.39, 0.29) is 0 Å². The Morgan fingerprint density at radius 1 is 1.57 bits per heavy atom. The van der Waals surface area contributed by atoms with Gasteiger partial charge in [-0.15, -0.1) is 0 Å². The molecule has 1 aromatic rings. The molecule has 0 saturated heterocycles. The SMILES string of the molecule is CCOc1ccc(C2CC2N)cc1Cl. The molecule has 3 heteroatoms. The van der Waals surface area contributed by atoms with Crippen molar-refractivity contribution in [2.24, 2.45) is 5.73 Å². The molecular formula is C11H14ClNO. The minimum Gasteiger partial charge on any atom is -0.492 e. The number of ether oxygens (including phenoxy) is 1. The molecule has 1 saturated carbocycles. The lowest BCUT2D eigenvalue weighted by molar-refractivity contribution is 0.340. The van der Waals surface area contributed by atoms with E-state index in [1.165, 1.54) is 5.56 Å². The van der Waals surface area contributed by atoms with Crippen molar-refractivity contribution < 1.29 is 4.74 Å². The zero-order chi connectivity index (χ0) is 10.1. The van der Waals surface area contributed by atoms with Gasteiger partial charge in [0.15, 0.2) is 0 Å². The summed E-state index contributed by atoms with van der Waals surface area (Å²) in [6, 6.07) is 6.26. The molecule has 0 amide bonds. The molecule has 2 atom stereocenters. The van der Waals surface area contributed by atoms with Crippen LogP contribution < -0.4 is 10.5 Å². The van der Waals surface area contributed by atoms with Crippen LogP contribution in [0.5, 0.6) is 5.75 Å². The number of nitrogens with two attached hydrogens (primary N) is 1. The number of rotatable bonds is 3. The first-order valence-corrected chi connectivity index (χ1v) is 5.28. The largest absolute Gasteiger partial charge is 0.492 e. The summed E-state index contributed by atoms with van der Waals surface area (Å²) in [7, 11) is 0. The third kappa shape index (κ3) is 1.86. The van der Waals surface area contributed by atoms with Gasteiger partial charge >= 0.3 is 0 Å². The Hall–Kier alpha value is -0.730. The summed E-state index contributed by atoms with van der Waals surface area (Å²) in [5, 5.41) is 0.684. The van der Waals surface area contributed by atoms with E-state index in [0.29, 0.717) is 23.6 Å². The molecule has 76 valence electrons. The van der Waals surface area contributed by atoms with Crippen LogP contribution in [0.3, 0.4) is 0 Å². The Bertz CT molecular complexity index is 340. The molecule has 0 bridgehead atoms. The predicted molar refractivity (Wildman–Crippen MR) is 58.0 cm³/mol. The van der Waals surface area contributed by atoms with E-state index in [1.54, 1.807) is 0 Å². The molecule has 2 nitrogen and oxygen atoms in total. The van der Waals surface area contributed by atoms with Crippen LogP contribution in [0.25, 0.3) is 0 Å². The number of hydrogen-bond donors (Lipinski definition) is 1. The normalized spacial score (nSPS) is 24.8. The van der Waals surface area contributed by atoms with E-state index in [4.69, 9.17) is 22.1 Å². The van der Waals surface area contributed by atoms with E-state index >= 15 is 0 Å². The van der Waals surface area contributed by atoms with E-state index < -0.39 is 0 Å². The van der Waals surface area contributed by atoms with Crippen LogP contribution in [0.1, 0.15) is 24.8 Å². The third-order valence-electron chi connectivity index (χ3n) is 2.52. The number of hydrogen-bond acceptors (Lipinski definition) is 2. The maximum absolute atomic E-state index is 6.06. The second-order valence-electron chi connectivity index (χ2n) is 3.63. The highest BCUT2D eigenvalue weighted by atomic mass is 35.5. The van der Waals surface area contributed by atoms with Crippen molar-refractivity contribution in [3.05, 3.63) is 28.8 Å². The zero-order valence-electron chi connectivity index (χ0n) is 8.16. The summed E-state index contributed by atoms with van der Waals surface area (Å²) in [4.78, 5) is 0. The van der Waals surface area contributed by atoms with Gasteiger partial charge in [-0.05, 0) is 31.0 Å². The maximum Gasteiger partial charge on any atom is 0.137 e. The molecular weight excluding hydrogens is 198 g/mol. The third-order valence-corrected chi connectivity index (χ3v) is 2.82. The Labute approximate surface area is 89.0 Å². The highest BCUT2D eigenvalue weighted by Crippen LogP contribution is 2.41. The summed E-state index contributed by atoms with van der Waals surface area (Å²) in [5.74, 6) is 1.26. The van der Waals surface area contributed by atoms with Crippen LogP contribution in [0.15, 0.2) is 18.2 Å². The van der Waals surface area contributed by atoms with Gasteiger partial charge in [0.1, 0.15) is 5.75 Å². The minimum atomic E-state index is 0.323. The van der Waals surface area contributed by atoms with Gasteiger partial charge in [0, 0.05) is 12.0 Å². The lowest BCUT2D eigenvalue weighted by Gasteiger charge is -2.07. The van der Waals surface area contributed by atoms with Gasteiger partial charge in [-0.3, -0.25) is 0 Å². The topological polar surface area (TPSA) is 35.2 Å². The summed E-state index contributed by atoms with van der Waals surface area (Å²) in [6.45, 7) is 2.59. The lowest BCUT2D eigenvalue weighted by atomic mass is 10.1. The lowest BCUT2D eigenvalue weighted by Crippen LogP contribution is -2.01. The molecule has 0 radical (unpaired) electrons. The van der Waals surface area contributed by atoms with Crippen molar-refractivity contribution in [3.63, 3.8) is 0 Å². The average Bonchev–Trinajstić information content (AvgIpc) is 2.87. The quantitative estimate of drug-likeness (QED) is 0.834. The zero-order valence-corrected chi connectivity index (χ0v) is 8.92. The van der Waals surface area contributed by atoms with Crippen molar-refractivity contribution in [2.45, 2.75) is 25.3 Å². The molecule has 1 aromatic carbocycles. The van der Waals surface area contributed by atoms with Crippen LogP contribution >= 0.6 is 11.6 Å². The van der Waals surface area contributed by atoms with Gasteiger partial charge in [0.2, 0.25) is 0 Å². The van der Waals surface area contributed by atoms with E-state index in [1.807, 2.05) is 19.1 Å². The van der Waals surface area contributed by atoms with Gasteiger partial charge in [-0.2, -0.15) is 0 Å². The van der Waals surface area contributed by atoms with Gasteiger partial charge in [0.25, 0.3) is 0 Å². The predicted octanol–water partition coefficient (Wildman–Crippen LogP) is 2.55. The first-order valence-electron chi connectivity index (χ1n) is 4.90. The second kappa shape index (κ2) is 3.79. The molecule has 1 fully saturated rings. The van der Waals surface area contributed by atoms with E-state index in [2.05, 4.69) is 6.07 Å². The van der Waals surface area contributed by atoms with Crippen LogP contribution in [-0.2, 0) is 0 Å². The van der Waals surface area contributed by atoms with Crippen molar-refractivity contribution in [2.75, 3.05) is 6.61 Å². The molecule has 2 unspecified atom stereocenters. The Balaban J connectivity index is 2.18. The van der Waals surface area contributed by atoms with E-state index in [9.17, 15) is 0 Å². The van der Waals surface area contributed by atoms with Crippen molar-refractivity contribution in [1.82, 2.24) is 0 Å². The monoisotopic (exact) mass is 211 g/mol. The molecule has 2 N–H and O–H groups in total. The fourth-order valence-electron chi connectivity index (χ4n) is 1.62. The molecule has 0 heterocycles. The van der Waals surface area contributed by atoms with E-state index in [0.717, 1.165) is 12.2 Å². The molecule has 0 spiro atoms. The molecule has 1 aliphatic carbocycles. The fourth-order valence-corrected chi connectivity index (χ4v) is 1.86. The number of halogens is 1. The minimum absolute atomic E-state index is 0.323. The van der Waals surface area contributed by atoms with Crippen molar-refractivity contribution in [1.29, 1.82) is 0 Å². The van der Waals surface area contributed by atoms with Crippen LogP contribution in [0.2, 0.25) is 5.02 Å². The Morgan fingerprint density at radius 2 is 2.29 bits per heavy atom. The van der Waals surface area contributed by atoms with Crippen molar-refractivity contribution >= 4 is 11.6 Å².